The molecular weight excluding hydrogens is 396 g/mol. The van der Waals surface area contributed by atoms with Crippen LogP contribution in [0.1, 0.15) is 36.4 Å². The summed E-state index contributed by atoms with van der Waals surface area (Å²) in [5, 5.41) is 11.2. The summed E-state index contributed by atoms with van der Waals surface area (Å²) in [6.07, 6.45) is 2.18. The van der Waals surface area contributed by atoms with Crippen molar-refractivity contribution in [3.63, 3.8) is 0 Å². The number of rotatable bonds is 4. The summed E-state index contributed by atoms with van der Waals surface area (Å²) >= 11 is 0. The number of nitro groups is 1. The van der Waals surface area contributed by atoms with E-state index in [2.05, 4.69) is 0 Å². The van der Waals surface area contributed by atoms with E-state index in [-0.39, 0.29) is 16.6 Å². The molecule has 0 amide bonds. The highest BCUT2D eigenvalue weighted by atomic mass is 32.2. The number of hydrogen-bond donors (Lipinski definition) is 0. The van der Waals surface area contributed by atoms with E-state index in [1.165, 1.54) is 16.4 Å². The fourth-order valence-electron chi connectivity index (χ4n) is 3.83. The Hall–Kier alpha value is -2.65. The Morgan fingerprint density at radius 2 is 1.83 bits per heavy atom. The zero-order valence-electron chi connectivity index (χ0n) is 16.0. The third-order valence-corrected chi connectivity index (χ3v) is 7.25. The van der Waals surface area contributed by atoms with Gasteiger partial charge in [0.2, 0.25) is 10.0 Å². The standard InChI is InChI=1S/C20H22N2O6S/c1-14-5-7-16(13-18(14)22(23)24)29(25,26)21-9-2-4-17(21)15-6-8-19-20(12-15)28-11-3-10-27-19/h5-8,12-13,17H,2-4,9-11H2,1H3/t17-/m1/s1. The van der Waals surface area contributed by atoms with E-state index in [1.807, 2.05) is 18.2 Å². The van der Waals surface area contributed by atoms with Crippen LogP contribution < -0.4 is 9.47 Å². The molecule has 29 heavy (non-hydrogen) atoms. The van der Waals surface area contributed by atoms with Crippen molar-refractivity contribution in [3.8, 4) is 11.5 Å². The normalized spacial score (nSPS) is 19.7. The number of hydrogen-bond acceptors (Lipinski definition) is 6. The Balaban J connectivity index is 1.69. The van der Waals surface area contributed by atoms with Crippen LogP contribution in [0.5, 0.6) is 11.5 Å². The Morgan fingerprint density at radius 3 is 2.59 bits per heavy atom. The smallest absolute Gasteiger partial charge is 0.273 e. The van der Waals surface area contributed by atoms with Gasteiger partial charge in [-0.1, -0.05) is 12.1 Å². The summed E-state index contributed by atoms with van der Waals surface area (Å²) in [5.74, 6) is 1.28. The Kier molecular flexibility index (Phi) is 5.18. The summed E-state index contributed by atoms with van der Waals surface area (Å²) in [4.78, 5) is 10.6. The van der Waals surface area contributed by atoms with Crippen molar-refractivity contribution < 1.29 is 22.8 Å². The highest BCUT2D eigenvalue weighted by Crippen LogP contribution is 2.40. The van der Waals surface area contributed by atoms with Gasteiger partial charge in [-0.25, -0.2) is 8.42 Å². The lowest BCUT2D eigenvalue weighted by Gasteiger charge is -2.25. The van der Waals surface area contributed by atoms with Gasteiger partial charge in [0.25, 0.3) is 5.69 Å². The first kappa shape index (κ1) is 19.7. The van der Waals surface area contributed by atoms with E-state index in [4.69, 9.17) is 9.47 Å². The Morgan fingerprint density at radius 1 is 1.07 bits per heavy atom. The molecule has 0 N–H and O–H groups in total. The molecule has 154 valence electrons. The Bertz CT molecular complexity index is 1050. The highest BCUT2D eigenvalue weighted by Gasteiger charge is 2.37. The summed E-state index contributed by atoms with van der Waals surface area (Å²) in [7, 11) is -3.88. The van der Waals surface area contributed by atoms with Crippen LogP contribution in [0.2, 0.25) is 0 Å². The SMILES string of the molecule is Cc1ccc(S(=O)(=O)N2CCC[C@@H]2c2ccc3c(c2)OCCCO3)cc1[N+](=O)[O-]. The lowest BCUT2D eigenvalue weighted by atomic mass is 10.0. The van der Waals surface area contributed by atoms with Gasteiger partial charge < -0.3 is 9.47 Å². The second-order valence-electron chi connectivity index (χ2n) is 7.24. The molecule has 0 spiro atoms. The van der Waals surface area contributed by atoms with Crippen LogP contribution in [0.4, 0.5) is 5.69 Å². The molecule has 8 nitrogen and oxygen atoms in total. The minimum absolute atomic E-state index is 0.0592. The quantitative estimate of drug-likeness (QED) is 0.556. The largest absolute Gasteiger partial charge is 0.490 e. The van der Waals surface area contributed by atoms with E-state index in [0.29, 0.717) is 49.7 Å². The topological polar surface area (TPSA) is 99.0 Å². The van der Waals surface area contributed by atoms with Crippen LogP contribution in [-0.4, -0.2) is 37.4 Å². The molecule has 2 aliphatic heterocycles. The number of benzene rings is 2. The van der Waals surface area contributed by atoms with Gasteiger partial charge in [0.1, 0.15) is 0 Å². The van der Waals surface area contributed by atoms with Crippen molar-refractivity contribution in [2.75, 3.05) is 19.8 Å². The maximum absolute atomic E-state index is 13.3. The monoisotopic (exact) mass is 418 g/mol. The average Bonchev–Trinajstić information content (AvgIpc) is 3.08. The maximum Gasteiger partial charge on any atom is 0.273 e. The van der Waals surface area contributed by atoms with Crippen molar-refractivity contribution in [2.24, 2.45) is 0 Å². The van der Waals surface area contributed by atoms with Crippen molar-refractivity contribution in [1.29, 1.82) is 0 Å². The minimum Gasteiger partial charge on any atom is -0.490 e. The number of ether oxygens (including phenoxy) is 2. The minimum atomic E-state index is -3.88. The third-order valence-electron chi connectivity index (χ3n) is 5.34. The molecule has 0 aromatic heterocycles. The van der Waals surface area contributed by atoms with Crippen LogP contribution in [0.25, 0.3) is 0 Å². The van der Waals surface area contributed by atoms with Gasteiger partial charge in [-0.3, -0.25) is 10.1 Å². The van der Waals surface area contributed by atoms with Gasteiger partial charge in [-0.15, -0.1) is 0 Å². The molecule has 1 saturated heterocycles. The number of fused-ring (bicyclic) bond motifs is 1. The second-order valence-corrected chi connectivity index (χ2v) is 9.13. The predicted molar refractivity (Wildman–Crippen MR) is 106 cm³/mol. The third kappa shape index (κ3) is 3.67. The predicted octanol–water partition coefficient (Wildman–Crippen LogP) is 3.59. The van der Waals surface area contributed by atoms with Crippen LogP contribution >= 0.6 is 0 Å². The number of nitrogens with zero attached hydrogens (tertiary/aromatic N) is 2. The molecule has 9 heteroatoms. The molecule has 1 atom stereocenters. The van der Waals surface area contributed by atoms with Gasteiger partial charge in [0.05, 0.1) is 29.1 Å². The number of nitro benzene ring substituents is 1. The molecule has 2 aromatic rings. The van der Waals surface area contributed by atoms with Crippen LogP contribution in [0.3, 0.4) is 0 Å². The summed E-state index contributed by atoms with van der Waals surface area (Å²) < 4.78 is 39.4. The zero-order valence-corrected chi connectivity index (χ0v) is 16.9. The molecule has 2 aliphatic rings. The second kappa shape index (κ2) is 7.64. The fourth-order valence-corrected chi connectivity index (χ4v) is 5.53. The van der Waals surface area contributed by atoms with Crippen LogP contribution in [0.15, 0.2) is 41.3 Å². The zero-order chi connectivity index (χ0) is 20.6. The van der Waals surface area contributed by atoms with E-state index in [9.17, 15) is 18.5 Å². The van der Waals surface area contributed by atoms with Gasteiger partial charge in [0, 0.05) is 24.6 Å². The molecule has 4 rings (SSSR count). The first-order valence-corrected chi connectivity index (χ1v) is 11.0. The molecule has 0 saturated carbocycles. The molecular formula is C20H22N2O6S. The summed E-state index contributed by atoms with van der Waals surface area (Å²) in [6, 6.07) is 9.23. The van der Waals surface area contributed by atoms with E-state index in [0.717, 1.165) is 18.1 Å². The summed E-state index contributed by atoms with van der Waals surface area (Å²) in [5.41, 5.74) is 1.06. The Labute approximate surface area is 169 Å². The number of sulfonamides is 1. The van der Waals surface area contributed by atoms with E-state index < -0.39 is 14.9 Å². The number of aryl methyl sites for hydroxylation is 1. The maximum atomic E-state index is 13.3. The first-order chi connectivity index (χ1) is 13.9. The van der Waals surface area contributed by atoms with E-state index >= 15 is 0 Å². The van der Waals surface area contributed by atoms with Gasteiger partial charge >= 0.3 is 0 Å². The van der Waals surface area contributed by atoms with Crippen molar-refractivity contribution in [2.45, 2.75) is 37.1 Å². The fraction of sp³-hybridized carbons (Fsp3) is 0.400. The highest BCUT2D eigenvalue weighted by molar-refractivity contribution is 7.89. The van der Waals surface area contributed by atoms with Gasteiger partial charge in [-0.05, 0) is 43.5 Å². The lowest BCUT2D eigenvalue weighted by Crippen LogP contribution is -2.30. The first-order valence-electron chi connectivity index (χ1n) is 9.54. The molecule has 0 radical (unpaired) electrons. The van der Waals surface area contributed by atoms with Crippen molar-refractivity contribution >= 4 is 15.7 Å². The molecule has 2 heterocycles. The van der Waals surface area contributed by atoms with Gasteiger partial charge in [-0.2, -0.15) is 4.31 Å². The van der Waals surface area contributed by atoms with Crippen LogP contribution in [-0.2, 0) is 10.0 Å². The van der Waals surface area contributed by atoms with Gasteiger partial charge in [0.15, 0.2) is 11.5 Å². The van der Waals surface area contributed by atoms with Crippen molar-refractivity contribution in [1.82, 2.24) is 4.31 Å². The molecule has 0 bridgehead atoms. The van der Waals surface area contributed by atoms with E-state index in [1.54, 1.807) is 6.92 Å². The van der Waals surface area contributed by atoms with Crippen LogP contribution in [0, 0.1) is 17.0 Å². The average molecular weight is 418 g/mol. The molecule has 1 fully saturated rings. The molecule has 0 aliphatic carbocycles. The lowest BCUT2D eigenvalue weighted by molar-refractivity contribution is -0.385. The molecule has 0 unspecified atom stereocenters. The van der Waals surface area contributed by atoms with Crippen molar-refractivity contribution in [3.05, 3.63) is 57.6 Å². The molecule has 2 aromatic carbocycles. The summed E-state index contributed by atoms with van der Waals surface area (Å²) in [6.45, 7) is 3.09.